The fourth-order valence-electron chi connectivity index (χ4n) is 6.30. The first-order chi connectivity index (χ1) is 22.8. The second-order valence-electron chi connectivity index (χ2n) is 11.5. The first-order valence-electron chi connectivity index (χ1n) is 15.6. The number of fused-ring (bicyclic) bond motifs is 4. The molecule has 0 saturated carbocycles. The highest BCUT2D eigenvalue weighted by molar-refractivity contribution is 7.98. The van der Waals surface area contributed by atoms with E-state index < -0.39 is 12.1 Å². The van der Waals surface area contributed by atoms with Crippen LogP contribution in [0.25, 0.3) is 22.0 Å². The molecule has 2 amide bonds. The molecule has 4 aromatic rings. The molecule has 1 aliphatic rings. The van der Waals surface area contributed by atoms with Gasteiger partial charge in [0, 0.05) is 36.1 Å². The zero-order valence-electron chi connectivity index (χ0n) is 27.5. The van der Waals surface area contributed by atoms with Crippen molar-refractivity contribution in [3.63, 3.8) is 0 Å². The molecule has 0 unspecified atom stereocenters. The van der Waals surface area contributed by atoms with Gasteiger partial charge in [-0.15, -0.1) is 0 Å². The summed E-state index contributed by atoms with van der Waals surface area (Å²) in [5.74, 6) is 1.80. The molecule has 4 N–H and O–H groups in total. The van der Waals surface area contributed by atoms with E-state index in [0.717, 1.165) is 38.9 Å². The quantitative estimate of drug-likeness (QED) is 0.154. The number of thioether (sulfide) groups is 1. The van der Waals surface area contributed by atoms with E-state index in [1.165, 1.54) is 6.92 Å². The Morgan fingerprint density at radius 1 is 1.04 bits per heavy atom. The Hall–Kier alpha value is -4.64. The second-order valence-corrected chi connectivity index (χ2v) is 12.5. The van der Waals surface area contributed by atoms with E-state index in [1.807, 2.05) is 42.8 Å². The van der Waals surface area contributed by atoms with Crippen molar-refractivity contribution in [3.8, 4) is 28.4 Å². The maximum Gasteiger partial charge on any atom is 0.242 e. The number of nitrogens with one attached hydrogen (secondary N) is 4. The van der Waals surface area contributed by atoms with Crippen LogP contribution in [-0.4, -0.2) is 62.7 Å². The molecule has 11 heteroatoms. The number of hydrogen-bond acceptors (Lipinski definition) is 8. The van der Waals surface area contributed by atoms with Crippen LogP contribution in [0.5, 0.6) is 17.2 Å². The summed E-state index contributed by atoms with van der Waals surface area (Å²) in [6.45, 7) is 1.92. The number of aromatic nitrogens is 1. The molecule has 0 spiro atoms. The number of aryl methyl sites for hydroxylation is 1. The normalized spacial score (nSPS) is 14.3. The van der Waals surface area contributed by atoms with E-state index in [-0.39, 0.29) is 17.2 Å². The first kappa shape index (κ1) is 33.7. The lowest BCUT2D eigenvalue weighted by Crippen LogP contribution is -2.41. The summed E-state index contributed by atoms with van der Waals surface area (Å²) in [6.07, 6.45) is 6.32. The molecule has 2 atom stereocenters. The van der Waals surface area contributed by atoms with Crippen LogP contribution >= 0.6 is 11.8 Å². The lowest BCUT2D eigenvalue weighted by Gasteiger charge is -2.19. The molecule has 1 heterocycles. The maximum absolute atomic E-state index is 13.9. The number of rotatable bonds is 13. The Kier molecular flexibility index (Phi) is 11.0. The zero-order chi connectivity index (χ0) is 33.5. The summed E-state index contributed by atoms with van der Waals surface area (Å²) in [7, 11) is 4.69. The zero-order valence-corrected chi connectivity index (χ0v) is 28.3. The number of hydrogen-bond donors (Lipinski definition) is 4. The number of amides is 2. The topological polar surface area (TPSA) is 131 Å². The van der Waals surface area contributed by atoms with Gasteiger partial charge in [-0.2, -0.15) is 11.8 Å². The standard InChI is InChI=1S/C36H42N4O6S/c1-21(41)39-28-12-10-22-18-32(44-2)34(45-3)35(46-4)33(22)25-11-13-29(31(42)19-26(25)28)40-30(15-17-47-5)36(43)37-16-14-23-20-38-27-9-7-6-8-24(23)27/h6-9,11,13,18-20,28,30,38H,10,12,14-17H2,1-5H3,(H,37,43)(H,39,41)(H,40,42)/t28-,30+/m0/s1. The Balaban J connectivity index is 1.49. The summed E-state index contributed by atoms with van der Waals surface area (Å²) < 4.78 is 17.2. The highest BCUT2D eigenvalue weighted by Gasteiger charge is 2.30. The third-order valence-corrected chi connectivity index (χ3v) is 9.19. The van der Waals surface area contributed by atoms with Gasteiger partial charge in [0.1, 0.15) is 6.04 Å². The minimum atomic E-state index is -0.627. The molecule has 3 aromatic carbocycles. The van der Waals surface area contributed by atoms with Crippen molar-refractivity contribution in [2.24, 2.45) is 0 Å². The van der Waals surface area contributed by atoms with Gasteiger partial charge < -0.3 is 35.1 Å². The van der Waals surface area contributed by atoms with E-state index in [1.54, 1.807) is 45.2 Å². The van der Waals surface area contributed by atoms with Gasteiger partial charge >= 0.3 is 0 Å². The molecule has 5 rings (SSSR count). The number of anilines is 1. The average Bonchev–Trinajstić information content (AvgIpc) is 3.34. The van der Waals surface area contributed by atoms with Crippen LogP contribution in [0.3, 0.4) is 0 Å². The molecule has 1 aromatic heterocycles. The fourth-order valence-corrected chi connectivity index (χ4v) is 6.77. The van der Waals surface area contributed by atoms with Crippen LogP contribution in [0.1, 0.15) is 42.5 Å². The van der Waals surface area contributed by atoms with E-state index in [9.17, 15) is 14.4 Å². The van der Waals surface area contributed by atoms with E-state index >= 15 is 0 Å². The van der Waals surface area contributed by atoms with Crippen LogP contribution < -0.4 is 35.6 Å². The number of benzene rings is 2. The van der Waals surface area contributed by atoms with Gasteiger partial charge in [-0.25, -0.2) is 0 Å². The van der Waals surface area contributed by atoms with E-state index in [2.05, 4.69) is 27.0 Å². The van der Waals surface area contributed by atoms with Gasteiger partial charge in [-0.05, 0) is 84.2 Å². The number of carbonyl (C=O) groups is 2. The minimum absolute atomic E-state index is 0.175. The molecule has 47 heavy (non-hydrogen) atoms. The third kappa shape index (κ3) is 7.35. The molecular weight excluding hydrogens is 616 g/mol. The summed E-state index contributed by atoms with van der Waals surface area (Å²) in [6, 6.07) is 14.1. The maximum atomic E-state index is 13.9. The van der Waals surface area contributed by atoms with Gasteiger partial charge in [-0.1, -0.05) is 24.3 Å². The molecule has 0 radical (unpaired) electrons. The van der Waals surface area contributed by atoms with Crippen molar-refractivity contribution in [3.05, 3.63) is 81.6 Å². The second kappa shape index (κ2) is 15.3. The van der Waals surface area contributed by atoms with Crippen molar-refractivity contribution in [2.75, 3.05) is 45.2 Å². The number of H-pyrrole nitrogens is 1. The van der Waals surface area contributed by atoms with E-state index in [0.29, 0.717) is 60.7 Å². The number of carbonyl (C=O) groups excluding carboxylic acids is 2. The van der Waals surface area contributed by atoms with Crippen LogP contribution in [0.4, 0.5) is 5.69 Å². The van der Waals surface area contributed by atoms with Gasteiger partial charge in [-0.3, -0.25) is 14.4 Å². The van der Waals surface area contributed by atoms with Crippen molar-refractivity contribution in [2.45, 2.75) is 44.7 Å². The SMILES string of the molecule is COc1cc2c(c(OC)c1OC)-c1ccc(N[C@H](CCSC)C(=O)NCCc3c[nH]c4ccccc34)c(=O)cc1[C@@H](NC(C)=O)CC2. The highest BCUT2D eigenvalue weighted by atomic mass is 32.2. The van der Waals surface area contributed by atoms with Gasteiger partial charge in [0.2, 0.25) is 23.0 Å². The Labute approximate surface area is 279 Å². The van der Waals surface area contributed by atoms with E-state index in [4.69, 9.17) is 14.2 Å². The largest absolute Gasteiger partial charge is 0.493 e. The molecule has 248 valence electrons. The lowest BCUT2D eigenvalue weighted by atomic mass is 9.95. The van der Waals surface area contributed by atoms with Crippen molar-refractivity contribution < 1.29 is 23.8 Å². The fraction of sp³-hybridized carbons (Fsp3) is 0.361. The summed E-state index contributed by atoms with van der Waals surface area (Å²) >= 11 is 1.64. The first-order valence-corrected chi connectivity index (χ1v) is 17.0. The molecule has 0 fully saturated rings. The predicted molar refractivity (Wildman–Crippen MR) is 188 cm³/mol. The Bertz CT molecular complexity index is 1820. The Morgan fingerprint density at radius 3 is 2.55 bits per heavy atom. The molecule has 0 aliphatic heterocycles. The Morgan fingerprint density at radius 2 is 1.83 bits per heavy atom. The van der Waals surface area contributed by atoms with Crippen LogP contribution in [0.2, 0.25) is 0 Å². The van der Waals surface area contributed by atoms with Crippen molar-refractivity contribution >= 4 is 40.2 Å². The summed E-state index contributed by atoms with van der Waals surface area (Å²) in [5, 5.41) is 10.5. The minimum Gasteiger partial charge on any atom is -0.493 e. The van der Waals surface area contributed by atoms with Crippen molar-refractivity contribution in [1.82, 2.24) is 15.6 Å². The molecular formula is C36H42N4O6S. The highest BCUT2D eigenvalue weighted by Crippen LogP contribution is 2.50. The number of methoxy groups -OCH3 is 3. The summed E-state index contributed by atoms with van der Waals surface area (Å²) in [4.78, 5) is 42.9. The smallest absolute Gasteiger partial charge is 0.242 e. The number of aromatic amines is 1. The molecule has 0 saturated heterocycles. The van der Waals surface area contributed by atoms with Gasteiger partial charge in [0.05, 0.1) is 33.1 Å². The predicted octanol–water partition coefficient (Wildman–Crippen LogP) is 5.24. The summed E-state index contributed by atoms with van der Waals surface area (Å²) in [5.41, 5.74) is 5.28. The van der Waals surface area contributed by atoms with Gasteiger partial charge in [0.25, 0.3) is 0 Å². The third-order valence-electron chi connectivity index (χ3n) is 8.54. The van der Waals surface area contributed by atoms with Crippen molar-refractivity contribution in [1.29, 1.82) is 0 Å². The molecule has 0 bridgehead atoms. The number of ether oxygens (including phenoxy) is 3. The average molecular weight is 659 g/mol. The van der Waals surface area contributed by atoms with Crippen LogP contribution in [0, 0.1) is 0 Å². The van der Waals surface area contributed by atoms with Crippen LogP contribution in [0.15, 0.2) is 59.5 Å². The number of para-hydroxylation sites is 1. The monoisotopic (exact) mass is 658 g/mol. The van der Waals surface area contributed by atoms with Crippen LogP contribution in [-0.2, 0) is 22.4 Å². The lowest BCUT2D eigenvalue weighted by molar-refractivity contribution is -0.122. The molecule has 1 aliphatic carbocycles. The molecule has 10 nitrogen and oxygen atoms in total. The van der Waals surface area contributed by atoms with Gasteiger partial charge in [0.15, 0.2) is 11.5 Å².